The first-order chi connectivity index (χ1) is 8.85. The summed E-state index contributed by atoms with van der Waals surface area (Å²) >= 11 is 3.07. The number of thiazole rings is 1. The van der Waals surface area contributed by atoms with Crippen molar-refractivity contribution in [2.75, 3.05) is 5.43 Å². The van der Waals surface area contributed by atoms with Crippen LogP contribution in [0.1, 0.15) is 4.88 Å². The average Bonchev–Trinajstić information content (AvgIpc) is 3.02. The fourth-order valence-electron chi connectivity index (χ4n) is 1.49. The molecule has 3 aromatic rings. The van der Waals surface area contributed by atoms with Crippen LogP contribution in [0.25, 0.3) is 11.1 Å². The van der Waals surface area contributed by atoms with Gasteiger partial charge in [0.15, 0.2) is 10.7 Å². The number of rotatable bonds is 4. The van der Waals surface area contributed by atoms with Gasteiger partial charge in [0.2, 0.25) is 0 Å². The number of nitrogens with two attached hydrogens (primary N) is 1. The first-order valence-electron chi connectivity index (χ1n) is 5.25. The Balaban J connectivity index is 1.72. The molecular weight excluding hydrogens is 268 g/mol. The number of hydrogen-bond donors (Lipinski definition) is 2. The van der Waals surface area contributed by atoms with Crippen LogP contribution in [-0.2, 0) is 5.75 Å². The van der Waals surface area contributed by atoms with Gasteiger partial charge in [0.25, 0.3) is 5.22 Å². The van der Waals surface area contributed by atoms with Crippen molar-refractivity contribution in [1.29, 1.82) is 0 Å². The Hall–Kier alpha value is -1.57. The van der Waals surface area contributed by atoms with Crippen LogP contribution in [-0.4, -0.2) is 9.97 Å². The number of hydrogen-bond acceptors (Lipinski definition) is 7. The van der Waals surface area contributed by atoms with E-state index in [1.54, 1.807) is 18.0 Å². The number of nitrogen functional groups attached to an aromatic ring is 1. The fraction of sp³-hybridized carbons (Fsp3) is 0.0909. The van der Waals surface area contributed by atoms with Gasteiger partial charge in [0, 0.05) is 16.8 Å². The molecule has 2 heterocycles. The standard InChI is InChI=1S/C11H10N4OS2/c12-15-10-13-5-7(18-10)6-17-11-14-8-3-1-2-4-9(8)16-11/h1-5H,6,12H2,(H,13,15). The van der Waals surface area contributed by atoms with Gasteiger partial charge >= 0.3 is 0 Å². The normalized spacial score (nSPS) is 10.9. The number of oxazole rings is 1. The van der Waals surface area contributed by atoms with Gasteiger partial charge in [0.1, 0.15) is 5.52 Å². The third kappa shape index (κ3) is 2.33. The van der Waals surface area contributed by atoms with E-state index < -0.39 is 0 Å². The maximum Gasteiger partial charge on any atom is 0.257 e. The average molecular weight is 278 g/mol. The molecule has 2 aromatic heterocycles. The topological polar surface area (TPSA) is 77.0 Å². The van der Waals surface area contributed by atoms with Crippen molar-refractivity contribution < 1.29 is 4.42 Å². The van der Waals surface area contributed by atoms with Crippen molar-refractivity contribution in [3.8, 4) is 0 Å². The minimum atomic E-state index is 0.673. The number of hydrazine groups is 1. The van der Waals surface area contributed by atoms with Gasteiger partial charge in [-0.25, -0.2) is 15.8 Å². The van der Waals surface area contributed by atoms with Crippen molar-refractivity contribution in [2.45, 2.75) is 11.0 Å². The third-order valence-corrected chi connectivity index (χ3v) is 4.28. The van der Waals surface area contributed by atoms with Crippen LogP contribution < -0.4 is 11.3 Å². The Labute approximate surface area is 111 Å². The number of fused-ring (bicyclic) bond motifs is 1. The van der Waals surface area contributed by atoms with Gasteiger partial charge in [-0.15, -0.1) is 0 Å². The number of nitrogens with zero attached hydrogens (tertiary/aromatic N) is 2. The summed E-state index contributed by atoms with van der Waals surface area (Å²) in [6.07, 6.45) is 1.80. The van der Waals surface area contributed by atoms with E-state index in [0.717, 1.165) is 21.7 Å². The Morgan fingerprint density at radius 1 is 1.39 bits per heavy atom. The molecule has 3 rings (SSSR count). The van der Waals surface area contributed by atoms with E-state index in [-0.39, 0.29) is 0 Å². The van der Waals surface area contributed by atoms with Crippen molar-refractivity contribution in [3.05, 3.63) is 35.3 Å². The van der Waals surface area contributed by atoms with Crippen LogP contribution >= 0.6 is 23.1 Å². The molecule has 0 radical (unpaired) electrons. The SMILES string of the molecule is NNc1ncc(CSc2nc3ccccc3o2)s1. The number of anilines is 1. The fourth-order valence-corrected chi connectivity index (χ4v) is 3.07. The van der Waals surface area contributed by atoms with E-state index in [1.165, 1.54) is 11.3 Å². The highest BCUT2D eigenvalue weighted by atomic mass is 32.2. The Morgan fingerprint density at radius 3 is 3.06 bits per heavy atom. The van der Waals surface area contributed by atoms with Gasteiger partial charge in [0.05, 0.1) is 0 Å². The van der Waals surface area contributed by atoms with Crippen molar-refractivity contribution in [2.24, 2.45) is 5.84 Å². The Bertz CT molecular complexity index is 631. The largest absolute Gasteiger partial charge is 0.431 e. The predicted octanol–water partition coefficient (Wildman–Crippen LogP) is 2.86. The highest BCUT2D eigenvalue weighted by Gasteiger charge is 2.07. The molecule has 0 aliphatic carbocycles. The van der Waals surface area contributed by atoms with E-state index >= 15 is 0 Å². The minimum Gasteiger partial charge on any atom is -0.431 e. The molecule has 3 N–H and O–H groups in total. The molecule has 92 valence electrons. The number of para-hydroxylation sites is 2. The smallest absolute Gasteiger partial charge is 0.257 e. The second-order valence-electron chi connectivity index (χ2n) is 3.51. The molecule has 0 unspecified atom stereocenters. The van der Waals surface area contributed by atoms with Gasteiger partial charge in [-0.1, -0.05) is 35.2 Å². The number of nitrogens with one attached hydrogen (secondary N) is 1. The molecule has 0 saturated carbocycles. The van der Waals surface area contributed by atoms with Crippen LogP contribution in [0.15, 0.2) is 40.1 Å². The highest BCUT2D eigenvalue weighted by molar-refractivity contribution is 7.98. The molecule has 1 aromatic carbocycles. The molecule has 0 aliphatic heterocycles. The Morgan fingerprint density at radius 2 is 2.28 bits per heavy atom. The van der Waals surface area contributed by atoms with Crippen molar-refractivity contribution in [3.63, 3.8) is 0 Å². The van der Waals surface area contributed by atoms with Crippen molar-refractivity contribution >= 4 is 39.3 Å². The lowest BCUT2D eigenvalue weighted by molar-refractivity contribution is 0.489. The molecule has 0 aliphatic rings. The lowest BCUT2D eigenvalue weighted by Crippen LogP contribution is -2.05. The summed E-state index contributed by atoms with van der Waals surface area (Å²) < 4.78 is 5.62. The summed E-state index contributed by atoms with van der Waals surface area (Å²) in [7, 11) is 0. The van der Waals surface area contributed by atoms with Crippen LogP contribution in [0.2, 0.25) is 0 Å². The molecule has 0 spiro atoms. The molecule has 0 amide bonds. The van der Waals surface area contributed by atoms with Gasteiger partial charge in [-0.3, -0.25) is 5.43 Å². The molecule has 5 nitrogen and oxygen atoms in total. The number of aromatic nitrogens is 2. The predicted molar refractivity (Wildman–Crippen MR) is 73.5 cm³/mol. The van der Waals surface area contributed by atoms with Gasteiger partial charge in [-0.05, 0) is 12.1 Å². The van der Waals surface area contributed by atoms with Gasteiger partial charge < -0.3 is 4.42 Å². The zero-order valence-electron chi connectivity index (χ0n) is 9.29. The second-order valence-corrected chi connectivity index (χ2v) is 5.55. The highest BCUT2D eigenvalue weighted by Crippen LogP contribution is 2.28. The van der Waals surface area contributed by atoms with Gasteiger partial charge in [-0.2, -0.15) is 0 Å². The lowest BCUT2D eigenvalue weighted by Gasteiger charge is -1.91. The van der Waals surface area contributed by atoms with E-state index in [4.69, 9.17) is 10.3 Å². The van der Waals surface area contributed by atoms with Crippen molar-refractivity contribution in [1.82, 2.24) is 9.97 Å². The third-order valence-electron chi connectivity index (χ3n) is 2.29. The summed E-state index contributed by atoms with van der Waals surface area (Å²) in [5.74, 6) is 6.05. The summed E-state index contributed by atoms with van der Waals surface area (Å²) in [4.78, 5) is 9.62. The molecule has 0 saturated heterocycles. The monoisotopic (exact) mass is 278 g/mol. The molecular formula is C11H10N4OS2. The number of thioether (sulfide) groups is 1. The van der Waals surface area contributed by atoms with E-state index in [9.17, 15) is 0 Å². The molecule has 0 bridgehead atoms. The lowest BCUT2D eigenvalue weighted by atomic mass is 10.3. The summed E-state index contributed by atoms with van der Waals surface area (Å²) in [5, 5.41) is 1.38. The van der Waals surface area contributed by atoms with Crippen LogP contribution in [0.4, 0.5) is 5.13 Å². The second kappa shape index (κ2) is 4.97. The summed E-state index contributed by atoms with van der Waals surface area (Å²) in [6, 6.07) is 7.73. The minimum absolute atomic E-state index is 0.673. The molecule has 0 fully saturated rings. The summed E-state index contributed by atoms with van der Waals surface area (Å²) in [5.41, 5.74) is 4.22. The Kier molecular flexibility index (Phi) is 3.18. The van der Waals surface area contributed by atoms with Crippen LogP contribution in [0.3, 0.4) is 0 Å². The van der Waals surface area contributed by atoms with E-state index in [0.29, 0.717) is 10.4 Å². The van der Waals surface area contributed by atoms with Crippen LogP contribution in [0.5, 0.6) is 0 Å². The quantitative estimate of drug-likeness (QED) is 0.434. The maximum absolute atomic E-state index is 5.62. The number of benzene rings is 1. The van der Waals surface area contributed by atoms with E-state index in [1.807, 2.05) is 24.3 Å². The first-order valence-corrected chi connectivity index (χ1v) is 7.05. The first kappa shape index (κ1) is 11.5. The molecule has 0 atom stereocenters. The van der Waals surface area contributed by atoms with Crippen LogP contribution in [0, 0.1) is 0 Å². The summed E-state index contributed by atoms with van der Waals surface area (Å²) in [6.45, 7) is 0. The molecule has 7 heteroatoms. The molecule has 18 heavy (non-hydrogen) atoms. The zero-order valence-corrected chi connectivity index (χ0v) is 10.9. The maximum atomic E-state index is 5.62. The zero-order chi connectivity index (χ0) is 12.4. The van der Waals surface area contributed by atoms with E-state index in [2.05, 4.69) is 15.4 Å².